The first kappa shape index (κ1) is 16.4. The largest absolute Gasteiger partial charge is 0.464 e. The van der Waals surface area contributed by atoms with Crippen LogP contribution in [0, 0.1) is 0 Å². The van der Waals surface area contributed by atoms with E-state index in [0.29, 0.717) is 5.56 Å². The Morgan fingerprint density at radius 2 is 2.04 bits per heavy atom. The predicted molar refractivity (Wildman–Crippen MR) is 90.4 cm³/mol. The maximum Gasteiger partial charge on any atom is 0.358 e. The lowest BCUT2D eigenvalue weighted by atomic mass is 10.0. The average Bonchev–Trinajstić information content (AvgIpc) is 3.17. The fraction of sp³-hybridized carbons (Fsp3) is 0.375. The number of carbonyl (C=O) groups is 2. The van der Waals surface area contributed by atoms with Gasteiger partial charge in [-0.25, -0.2) is 4.79 Å². The van der Waals surface area contributed by atoms with Gasteiger partial charge in [-0.1, -0.05) is 0 Å². The third-order valence-electron chi connectivity index (χ3n) is 3.98. The molecule has 3 rings (SSSR count). The fourth-order valence-electron chi connectivity index (χ4n) is 2.62. The number of nitrogens with zero attached hydrogens (tertiary/aromatic N) is 3. The molecule has 1 fully saturated rings. The minimum Gasteiger partial charge on any atom is -0.464 e. The van der Waals surface area contributed by atoms with Gasteiger partial charge in [-0.3, -0.25) is 4.79 Å². The van der Waals surface area contributed by atoms with Crippen LogP contribution in [0.1, 0.15) is 33.7 Å². The van der Waals surface area contributed by atoms with Crippen molar-refractivity contribution in [3.63, 3.8) is 0 Å². The molecule has 0 atom stereocenters. The number of piperidine rings is 1. The number of aromatic nitrogens is 2. The molecule has 1 amide bonds. The second-order valence-corrected chi connectivity index (χ2v) is 6.30. The number of carbonyl (C=O) groups excluding carboxylic acids is 2. The van der Waals surface area contributed by atoms with Gasteiger partial charge in [0.2, 0.25) is 0 Å². The van der Waals surface area contributed by atoms with Crippen LogP contribution in [-0.2, 0) is 4.74 Å². The van der Waals surface area contributed by atoms with Crippen molar-refractivity contribution in [2.75, 3.05) is 25.1 Å². The highest BCUT2D eigenvalue weighted by Gasteiger charge is 2.22. The average molecular weight is 346 g/mol. The van der Waals surface area contributed by atoms with Crippen LogP contribution < -0.4 is 10.2 Å². The lowest BCUT2D eigenvalue weighted by Crippen LogP contribution is -2.45. The lowest BCUT2D eigenvalue weighted by molar-refractivity contribution is 0.0592. The van der Waals surface area contributed by atoms with Crippen LogP contribution in [0.5, 0.6) is 0 Å². The molecule has 0 radical (unpaired) electrons. The van der Waals surface area contributed by atoms with Crippen LogP contribution in [0.3, 0.4) is 0 Å². The zero-order valence-corrected chi connectivity index (χ0v) is 14.1. The smallest absolute Gasteiger partial charge is 0.358 e. The molecule has 2 aromatic rings. The van der Waals surface area contributed by atoms with Crippen LogP contribution in [0.15, 0.2) is 29.0 Å². The van der Waals surface area contributed by atoms with Crippen molar-refractivity contribution in [1.82, 2.24) is 15.5 Å². The minimum atomic E-state index is -0.496. The number of nitrogens with one attached hydrogen (secondary N) is 1. The van der Waals surface area contributed by atoms with E-state index in [1.165, 1.54) is 18.4 Å². The number of amides is 1. The molecule has 8 heteroatoms. The molecular formula is C16H18N4O3S. The number of hydrogen-bond donors (Lipinski definition) is 1. The molecule has 0 saturated carbocycles. The number of hydrogen-bond acceptors (Lipinski definition) is 7. The molecule has 24 heavy (non-hydrogen) atoms. The summed E-state index contributed by atoms with van der Waals surface area (Å²) in [6, 6.07) is 5.37. The second-order valence-electron chi connectivity index (χ2n) is 5.52. The summed E-state index contributed by atoms with van der Waals surface area (Å²) in [4.78, 5) is 25.5. The van der Waals surface area contributed by atoms with Crippen LogP contribution in [0.4, 0.5) is 5.82 Å². The molecule has 0 bridgehead atoms. The molecule has 2 aromatic heterocycles. The van der Waals surface area contributed by atoms with Gasteiger partial charge in [-0.15, -0.1) is 10.2 Å². The number of rotatable bonds is 4. The maximum absolute atomic E-state index is 12.1. The van der Waals surface area contributed by atoms with Gasteiger partial charge in [0.05, 0.1) is 7.11 Å². The van der Waals surface area contributed by atoms with Gasteiger partial charge in [0.15, 0.2) is 11.5 Å². The van der Waals surface area contributed by atoms with Crippen molar-refractivity contribution in [3.05, 3.63) is 40.2 Å². The summed E-state index contributed by atoms with van der Waals surface area (Å²) in [5.41, 5.74) is 0.908. The van der Waals surface area contributed by atoms with Crippen LogP contribution in [0.25, 0.3) is 0 Å². The van der Waals surface area contributed by atoms with E-state index in [9.17, 15) is 9.59 Å². The first-order chi connectivity index (χ1) is 11.7. The summed E-state index contributed by atoms with van der Waals surface area (Å²) in [6.45, 7) is 1.56. The first-order valence-electron chi connectivity index (χ1n) is 7.67. The first-order valence-corrected chi connectivity index (χ1v) is 8.61. The standard InChI is InChI=1S/C16H18N4O3S/c1-23-16(22)13-2-3-14(19-18-13)20-7-4-12(5-8-20)17-15(21)11-6-9-24-10-11/h2-3,6,9-10,12H,4-5,7-8H2,1H3,(H,17,21). The molecule has 0 aromatic carbocycles. The molecule has 7 nitrogen and oxygen atoms in total. The Labute approximate surface area is 143 Å². The summed E-state index contributed by atoms with van der Waals surface area (Å²) < 4.78 is 4.61. The van der Waals surface area contributed by atoms with E-state index >= 15 is 0 Å². The molecule has 1 aliphatic heterocycles. The monoisotopic (exact) mass is 346 g/mol. The SMILES string of the molecule is COC(=O)c1ccc(N2CCC(NC(=O)c3ccsc3)CC2)nn1. The van der Waals surface area contributed by atoms with Gasteiger partial charge < -0.3 is 15.0 Å². The molecule has 1 N–H and O–H groups in total. The molecule has 1 aliphatic rings. The van der Waals surface area contributed by atoms with E-state index in [-0.39, 0.29) is 17.6 Å². The van der Waals surface area contributed by atoms with Crippen LogP contribution in [-0.4, -0.2) is 48.3 Å². The van der Waals surface area contributed by atoms with Crippen LogP contribution in [0.2, 0.25) is 0 Å². The summed E-state index contributed by atoms with van der Waals surface area (Å²) in [7, 11) is 1.31. The molecule has 0 aliphatic carbocycles. The Balaban J connectivity index is 1.53. The normalized spacial score (nSPS) is 15.1. The topological polar surface area (TPSA) is 84.4 Å². The second kappa shape index (κ2) is 7.39. The molecule has 3 heterocycles. The number of methoxy groups -OCH3 is 1. The maximum atomic E-state index is 12.1. The van der Waals surface area contributed by atoms with Gasteiger partial charge >= 0.3 is 5.97 Å². The lowest BCUT2D eigenvalue weighted by Gasteiger charge is -2.32. The van der Waals surface area contributed by atoms with Gasteiger partial charge in [-0.2, -0.15) is 11.3 Å². The van der Waals surface area contributed by atoms with Crippen LogP contribution >= 0.6 is 11.3 Å². The zero-order chi connectivity index (χ0) is 16.9. The van der Waals surface area contributed by atoms with E-state index in [1.807, 2.05) is 16.8 Å². The van der Waals surface area contributed by atoms with Crippen molar-refractivity contribution < 1.29 is 14.3 Å². The highest BCUT2D eigenvalue weighted by Crippen LogP contribution is 2.18. The van der Waals surface area contributed by atoms with Crippen molar-refractivity contribution in [2.24, 2.45) is 0 Å². The molecule has 0 unspecified atom stereocenters. The Kier molecular flexibility index (Phi) is 5.05. The van der Waals surface area contributed by atoms with E-state index in [0.717, 1.165) is 31.7 Å². The number of ether oxygens (including phenoxy) is 1. The zero-order valence-electron chi connectivity index (χ0n) is 13.3. The van der Waals surface area contributed by atoms with E-state index in [2.05, 4.69) is 25.2 Å². The summed E-state index contributed by atoms with van der Waals surface area (Å²) in [5.74, 6) is 0.214. The fourth-order valence-corrected chi connectivity index (χ4v) is 3.26. The number of esters is 1. The molecule has 0 spiro atoms. The van der Waals surface area contributed by atoms with Gasteiger partial charge in [0, 0.05) is 30.1 Å². The van der Waals surface area contributed by atoms with Crippen molar-refractivity contribution >= 4 is 29.0 Å². The van der Waals surface area contributed by atoms with Crippen molar-refractivity contribution in [2.45, 2.75) is 18.9 Å². The summed E-state index contributed by atoms with van der Waals surface area (Å²) in [6.07, 6.45) is 1.69. The third-order valence-corrected chi connectivity index (χ3v) is 4.67. The molecule has 126 valence electrons. The van der Waals surface area contributed by atoms with E-state index in [1.54, 1.807) is 12.1 Å². The Morgan fingerprint density at radius 3 is 2.62 bits per heavy atom. The highest BCUT2D eigenvalue weighted by molar-refractivity contribution is 7.08. The van der Waals surface area contributed by atoms with Crippen molar-refractivity contribution in [1.29, 1.82) is 0 Å². The number of anilines is 1. The Bertz CT molecular complexity index is 695. The Morgan fingerprint density at radius 1 is 1.25 bits per heavy atom. The third kappa shape index (κ3) is 3.70. The highest BCUT2D eigenvalue weighted by atomic mass is 32.1. The minimum absolute atomic E-state index is 0.0167. The molecular weight excluding hydrogens is 328 g/mol. The van der Waals surface area contributed by atoms with E-state index < -0.39 is 5.97 Å². The Hall–Kier alpha value is -2.48. The quantitative estimate of drug-likeness (QED) is 0.849. The predicted octanol–water partition coefficient (Wildman–Crippen LogP) is 1.72. The number of thiophene rings is 1. The van der Waals surface area contributed by atoms with Gasteiger partial charge in [-0.05, 0) is 36.4 Å². The summed E-state index contributed by atoms with van der Waals surface area (Å²) in [5, 5.41) is 14.8. The molecule has 1 saturated heterocycles. The van der Waals surface area contributed by atoms with Gasteiger partial charge in [0.25, 0.3) is 5.91 Å². The van der Waals surface area contributed by atoms with Gasteiger partial charge in [0.1, 0.15) is 0 Å². The van der Waals surface area contributed by atoms with E-state index in [4.69, 9.17) is 0 Å². The van der Waals surface area contributed by atoms with Crippen molar-refractivity contribution in [3.8, 4) is 0 Å². The summed E-state index contributed by atoms with van der Waals surface area (Å²) >= 11 is 1.52.